The van der Waals surface area contributed by atoms with Gasteiger partial charge in [0.05, 0.1) is 23.0 Å². The zero-order chi connectivity index (χ0) is 13.5. The van der Waals surface area contributed by atoms with E-state index in [1.807, 2.05) is 0 Å². The Morgan fingerprint density at radius 2 is 1.79 bits per heavy atom. The van der Waals surface area contributed by atoms with Crippen molar-refractivity contribution in [1.29, 1.82) is 0 Å². The minimum atomic E-state index is -0.604. The van der Waals surface area contributed by atoms with Crippen LogP contribution < -0.4 is 5.73 Å². The van der Waals surface area contributed by atoms with Gasteiger partial charge in [0, 0.05) is 0 Å². The molecule has 19 heavy (non-hydrogen) atoms. The molecule has 5 heteroatoms. The number of rotatable bonds is 2. The molecule has 3 nitrogen and oxygen atoms in total. The van der Waals surface area contributed by atoms with E-state index in [9.17, 15) is 8.78 Å². The van der Waals surface area contributed by atoms with Crippen molar-refractivity contribution >= 4 is 0 Å². The number of benzene rings is 1. The number of halogens is 2. The SMILES string of the molecule is NC1(c2ncc(-c3c(F)cccc3F)[nH]2)CCCC1. The van der Waals surface area contributed by atoms with Crippen LogP contribution in [0.2, 0.25) is 0 Å². The Kier molecular flexibility index (Phi) is 2.86. The standard InChI is InChI=1S/C14H15F2N3/c15-9-4-3-5-10(16)12(9)11-8-18-13(19-11)14(17)6-1-2-7-14/h3-5,8H,1-2,6-7,17H2,(H,18,19). The molecular weight excluding hydrogens is 248 g/mol. The summed E-state index contributed by atoms with van der Waals surface area (Å²) in [5, 5.41) is 0. The molecule has 1 heterocycles. The van der Waals surface area contributed by atoms with Crippen molar-refractivity contribution in [3.8, 4) is 11.3 Å². The van der Waals surface area contributed by atoms with Crippen LogP contribution in [-0.2, 0) is 5.54 Å². The highest BCUT2D eigenvalue weighted by atomic mass is 19.1. The number of aromatic amines is 1. The minimum Gasteiger partial charge on any atom is -0.340 e. The first-order valence-electron chi connectivity index (χ1n) is 6.39. The Hall–Kier alpha value is -1.75. The molecular formula is C14H15F2N3. The molecule has 1 aromatic heterocycles. The van der Waals surface area contributed by atoms with Crippen molar-refractivity contribution in [1.82, 2.24) is 9.97 Å². The van der Waals surface area contributed by atoms with Gasteiger partial charge in [0.2, 0.25) is 0 Å². The number of nitrogens with one attached hydrogen (secondary N) is 1. The van der Waals surface area contributed by atoms with E-state index in [1.165, 1.54) is 24.4 Å². The molecule has 0 amide bonds. The number of imidazole rings is 1. The van der Waals surface area contributed by atoms with E-state index in [4.69, 9.17) is 5.73 Å². The highest BCUT2D eigenvalue weighted by molar-refractivity contribution is 5.60. The van der Waals surface area contributed by atoms with Gasteiger partial charge in [-0.25, -0.2) is 13.8 Å². The lowest BCUT2D eigenvalue weighted by molar-refractivity contribution is 0.436. The lowest BCUT2D eigenvalue weighted by Gasteiger charge is -2.20. The maximum atomic E-state index is 13.7. The first-order valence-corrected chi connectivity index (χ1v) is 6.39. The summed E-state index contributed by atoms with van der Waals surface area (Å²) in [5.74, 6) is -0.594. The van der Waals surface area contributed by atoms with Crippen molar-refractivity contribution < 1.29 is 8.78 Å². The Balaban J connectivity index is 2.02. The summed E-state index contributed by atoms with van der Waals surface area (Å²) >= 11 is 0. The summed E-state index contributed by atoms with van der Waals surface area (Å²) in [6.45, 7) is 0. The molecule has 2 aromatic rings. The quantitative estimate of drug-likeness (QED) is 0.874. The number of hydrogen-bond acceptors (Lipinski definition) is 2. The van der Waals surface area contributed by atoms with E-state index in [1.54, 1.807) is 0 Å². The van der Waals surface area contributed by atoms with Gasteiger partial charge in [-0.2, -0.15) is 0 Å². The molecule has 0 aliphatic heterocycles. The van der Waals surface area contributed by atoms with Gasteiger partial charge in [0.1, 0.15) is 17.5 Å². The van der Waals surface area contributed by atoms with Gasteiger partial charge in [-0.05, 0) is 25.0 Å². The van der Waals surface area contributed by atoms with E-state index in [0.29, 0.717) is 11.5 Å². The van der Waals surface area contributed by atoms with Crippen LogP contribution >= 0.6 is 0 Å². The fourth-order valence-corrected chi connectivity index (χ4v) is 2.70. The molecule has 1 saturated carbocycles. The van der Waals surface area contributed by atoms with Gasteiger partial charge in [-0.15, -0.1) is 0 Å². The molecule has 3 rings (SSSR count). The highest BCUT2D eigenvalue weighted by Gasteiger charge is 2.34. The maximum absolute atomic E-state index is 13.7. The van der Waals surface area contributed by atoms with Crippen LogP contribution in [0.15, 0.2) is 24.4 Å². The monoisotopic (exact) mass is 263 g/mol. The summed E-state index contributed by atoms with van der Waals surface area (Å²) in [6, 6.07) is 3.80. The van der Waals surface area contributed by atoms with Crippen molar-refractivity contribution in [2.45, 2.75) is 31.2 Å². The number of aromatic nitrogens is 2. The molecule has 3 N–H and O–H groups in total. The first-order chi connectivity index (χ1) is 9.10. The van der Waals surface area contributed by atoms with E-state index >= 15 is 0 Å². The third-order valence-corrected chi connectivity index (χ3v) is 3.78. The lowest BCUT2D eigenvalue weighted by Crippen LogP contribution is -2.34. The van der Waals surface area contributed by atoms with E-state index < -0.39 is 17.2 Å². The van der Waals surface area contributed by atoms with Crippen molar-refractivity contribution in [3.05, 3.63) is 41.9 Å². The zero-order valence-electron chi connectivity index (χ0n) is 10.4. The largest absolute Gasteiger partial charge is 0.340 e. The molecule has 100 valence electrons. The molecule has 1 aromatic carbocycles. The van der Waals surface area contributed by atoms with Crippen LogP contribution in [0.5, 0.6) is 0 Å². The lowest BCUT2D eigenvalue weighted by atomic mass is 9.98. The summed E-state index contributed by atoms with van der Waals surface area (Å²) in [5.41, 5.74) is 6.04. The maximum Gasteiger partial charge on any atom is 0.135 e. The Morgan fingerprint density at radius 3 is 2.42 bits per heavy atom. The van der Waals surface area contributed by atoms with Gasteiger partial charge < -0.3 is 10.7 Å². The molecule has 1 fully saturated rings. The van der Waals surface area contributed by atoms with Gasteiger partial charge >= 0.3 is 0 Å². The summed E-state index contributed by atoms with van der Waals surface area (Å²) in [6.07, 6.45) is 5.25. The average Bonchev–Trinajstić information content (AvgIpc) is 2.99. The fourth-order valence-electron chi connectivity index (χ4n) is 2.70. The predicted octanol–water partition coefficient (Wildman–Crippen LogP) is 3.08. The van der Waals surface area contributed by atoms with E-state index in [2.05, 4.69) is 9.97 Å². The van der Waals surface area contributed by atoms with Crippen LogP contribution in [0.1, 0.15) is 31.5 Å². The molecule has 0 unspecified atom stereocenters. The van der Waals surface area contributed by atoms with Gasteiger partial charge in [0.25, 0.3) is 0 Å². The second-order valence-electron chi connectivity index (χ2n) is 5.11. The van der Waals surface area contributed by atoms with Crippen molar-refractivity contribution in [3.63, 3.8) is 0 Å². The molecule has 0 atom stereocenters. The molecule has 0 radical (unpaired) electrons. The van der Waals surface area contributed by atoms with Gasteiger partial charge in [-0.3, -0.25) is 0 Å². The normalized spacial score (nSPS) is 17.8. The third-order valence-electron chi connectivity index (χ3n) is 3.78. The highest BCUT2D eigenvalue weighted by Crippen LogP contribution is 2.36. The number of H-pyrrole nitrogens is 1. The summed E-state index contributed by atoms with van der Waals surface area (Å²) in [7, 11) is 0. The van der Waals surface area contributed by atoms with Crippen LogP contribution in [0, 0.1) is 11.6 Å². The van der Waals surface area contributed by atoms with Crippen LogP contribution in [0.4, 0.5) is 8.78 Å². The molecule has 0 bridgehead atoms. The van der Waals surface area contributed by atoms with Crippen molar-refractivity contribution in [2.24, 2.45) is 5.73 Å². The average molecular weight is 263 g/mol. The van der Waals surface area contributed by atoms with Crippen LogP contribution in [0.25, 0.3) is 11.3 Å². The summed E-state index contributed by atoms with van der Waals surface area (Å²) in [4.78, 5) is 7.19. The number of hydrogen-bond donors (Lipinski definition) is 2. The number of nitrogens with two attached hydrogens (primary N) is 1. The number of nitrogens with zero attached hydrogens (tertiary/aromatic N) is 1. The van der Waals surface area contributed by atoms with Crippen LogP contribution in [0.3, 0.4) is 0 Å². The Morgan fingerprint density at radius 1 is 1.16 bits per heavy atom. The smallest absolute Gasteiger partial charge is 0.135 e. The minimum absolute atomic E-state index is 0.0807. The zero-order valence-corrected chi connectivity index (χ0v) is 10.4. The topological polar surface area (TPSA) is 54.7 Å². The summed E-state index contributed by atoms with van der Waals surface area (Å²) < 4.78 is 27.4. The molecule has 1 aliphatic carbocycles. The first kappa shape index (κ1) is 12.3. The van der Waals surface area contributed by atoms with E-state index in [0.717, 1.165) is 25.7 Å². The fraction of sp³-hybridized carbons (Fsp3) is 0.357. The molecule has 0 spiro atoms. The molecule has 0 saturated heterocycles. The second-order valence-corrected chi connectivity index (χ2v) is 5.11. The van der Waals surface area contributed by atoms with Crippen LogP contribution in [-0.4, -0.2) is 9.97 Å². The third kappa shape index (κ3) is 2.04. The Bertz CT molecular complexity index is 580. The van der Waals surface area contributed by atoms with Gasteiger partial charge in [0.15, 0.2) is 0 Å². The predicted molar refractivity (Wildman–Crippen MR) is 68.3 cm³/mol. The molecule has 1 aliphatic rings. The Labute approximate surface area is 109 Å². The van der Waals surface area contributed by atoms with Gasteiger partial charge in [-0.1, -0.05) is 18.9 Å². The van der Waals surface area contributed by atoms with E-state index in [-0.39, 0.29) is 5.56 Å². The van der Waals surface area contributed by atoms with Crippen molar-refractivity contribution in [2.75, 3.05) is 0 Å². The second kappa shape index (κ2) is 4.42.